The van der Waals surface area contributed by atoms with Crippen LogP contribution in [0, 0.1) is 5.92 Å². The number of nitrogen functional groups attached to an aromatic ring is 1. The molecule has 0 aliphatic carbocycles. The Labute approximate surface area is 104 Å². The zero-order valence-corrected chi connectivity index (χ0v) is 9.75. The lowest BCUT2D eigenvalue weighted by molar-refractivity contribution is -0.140. The van der Waals surface area contributed by atoms with E-state index in [4.69, 9.17) is 5.73 Å². The number of aliphatic carboxylic acids is 1. The van der Waals surface area contributed by atoms with Crippen molar-refractivity contribution in [1.29, 1.82) is 0 Å². The summed E-state index contributed by atoms with van der Waals surface area (Å²) in [4.78, 5) is 26.3. The van der Waals surface area contributed by atoms with Crippen molar-refractivity contribution in [3.05, 3.63) is 29.8 Å². The highest BCUT2D eigenvalue weighted by Crippen LogP contribution is 2.28. The van der Waals surface area contributed by atoms with Gasteiger partial charge in [-0.2, -0.15) is 0 Å². The van der Waals surface area contributed by atoms with Crippen molar-refractivity contribution >= 4 is 23.4 Å². The van der Waals surface area contributed by atoms with Gasteiger partial charge < -0.3 is 16.2 Å². The molecule has 1 aromatic carbocycles. The first-order valence-electron chi connectivity index (χ1n) is 5.43. The van der Waals surface area contributed by atoms with Crippen LogP contribution in [0.2, 0.25) is 0 Å². The summed E-state index contributed by atoms with van der Waals surface area (Å²) < 4.78 is 0. The van der Waals surface area contributed by atoms with Crippen molar-refractivity contribution in [1.82, 2.24) is 5.32 Å². The lowest BCUT2D eigenvalue weighted by Gasteiger charge is -2.28. The van der Waals surface area contributed by atoms with E-state index in [1.807, 2.05) is 0 Å². The van der Waals surface area contributed by atoms with E-state index in [0.29, 0.717) is 17.0 Å². The number of carboxylic acid groups (broad SMARTS) is 1. The topological polar surface area (TPSA) is 105 Å². The number of amides is 2. The number of hydrogen-bond donors (Lipinski definition) is 3. The Hall–Kier alpha value is -2.37. The minimum absolute atomic E-state index is 0.290. The van der Waals surface area contributed by atoms with Crippen molar-refractivity contribution in [2.45, 2.75) is 13.0 Å². The van der Waals surface area contributed by atoms with Crippen LogP contribution in [-0.2, 0) is 4.79 Å². The molecule has 6 heteroatoms. The van der Waals surface area contributed by atoms with Crippen LogP contribution in [-0.4, -0.2) is 22.8 Å². The standard InChI is InChI=1S/C12H13N3O3/c1-6-9(11(16)17)10(15-12(18)14-6)7-3-2-4-8(13)5-7/h2-5,9-10H,13H2,1H3,(H,15,18)(H,16,17). The number of urea groups is 1. The summed E-state index contributed by atoms with van der Waals surface area (Å²) in [5.74, 6) is -1.90. The van der Waals surface area contributed by atoms with E-state index in [-0.39, 0.29) is 0 Å². The Morgan fingerprint density at radius 1 is 1.50 bits per heavy atom. The van der Waals surface area contributed by atoms with Gasteiger partial charge >= 0.3 is 12.0 Å². The minimum Gasteiger partial charge on any atom is -0.481 e. The Bertz CT molecular complexity index is 539. The monoisotopic (exact) mass is 247 g/mol. The van der Waals surface area contributed by atoms with Crippen LogP contribution < -0.4 is 11.1 Å². The summed E-state index contributed by atoms with van der Waals surface area (Å²) in [5, 5.41) is 11.8. The van der Waals surface area contributed by atoms with Crippen LogP contribution in [0.4, 0.5) is 10.5 Å². The summed E-state index contributed by atoms with van der Waals surface area (Å²) in [5.41, 5.74) is 7.13. The summed E-state index contributed by atoms with van der Waals surface area (Å²) in [6.07, 6.45) is 0. The van der Waals surface area contributed by atoms with Crippen molar-refractivity contribution in [2.24, 2.45) is 10.9 Å². The van der Waals surface area contributed by atoms with Crippen LogP contribution in [0.25, 0.3) is 0 Å². The maximum Gasteiger partial charge on any atom is 0.341 e. The fraction of sp³-hybridized carbons (Fsp3) is 0.250. The van der Waals surface area contributed by atoms with E-state index in [0.717, 1.165) is 0 Å². The van der Waals surface area contributed by atoms with E-state index in [1.54, 1.807) is 24.3 Å². The Morgan fingerprint density at radius 3 is 2.83 bits per heavy atom. The molecule has 1 aliphatic rings. The number of aliphatic imine (C=N–C) groups is 1. The number of anilines is 1. The van der Waals surface area contributed by atoms with E-state index in [9.17, 15) is 14.7 Å². The molecule has 2 atom stereocenters. The molecule has 0 fully saturated rings. The summed E-state index contributed by atoms with van der Waals surface area (Å²) >= 11 is 0. The number of carboxylic acids is 1. The van der Waals surface area contributed by atoms with Crippen LogP contribution in [0.1, 0.15) is 18.5 Å². The van der Waals surface area contributed by atoms with E-state index in [2.05, 4.69) is 10.3 Å². The third kappa shape index (κ3) is 2.17. The maximum absolute atomic E-state index is 11.4. The fourth-order valence-corrected chi connectivity index (χ4v) is 2.07. The SMILES string of the molecule is CC1=NC(=O)NC(c2cccc(N)c2)C1C(=O)O. The number of rotatable bonds is 2. The van der Waals surface area contributed by atoms with Gasteiger partial charge in [0.25, 0.3) is 0 Å². The predicted octanol–water partition coefficient (Wildman–Crippen LogP) is 1.19. The molecule has 4 N–H and O–H groups in total. The summed E-state index contributed by atoms with van der Waals surface area (Å²) in [7, 11) is 0. The Balaban J connectivity index is 2.44. The van der Waals surface area contributed by atoms with Crippen molar-refractivity contribution < 1.29 is 14.7 Å². The van der Waals surface area contributed by atoms with E-state index >= 15 is 0 Å². The number of benzene rings is 1. The van der Waals surface area contributed by atoms with Gasteiger partial charge in [-0.1, -0.05) is 12.1 Å². The average molecular weight is 247 g/mol. The predicted molar refractivity (Wildman–Crippen MR) is 66.4 cm³/mol. The number of carbonyl (C=O) groups is 2. The van der Waals surface area contributed by atoms with Crippen LogP contribution >= 0.6 is 0 Å². The van der Waals surface area contributed by atoms with Crippen LogP contribution in [0.15, 0.2) is 29.3 Å². The molecule has 2 unspecified atom stereocenters. The van der Waals surface area contributed by atoms with Crippen molar-refractivity contribution in [3.8, 4) is 0 Å². The zero-order chi connectivity index (χ0) is 13.3. The molecule has 0 saturated carbocycles. The molecule has 1 heterocycles. The molecular formula is C12H13N3O3. The summed E-state index contributed by atoms with van der Waals surface area (Å²) in [6, 6.07) is 5.63. The van der Waals surface area contributed by atoms with Gasteiger partial charge in [-0.25, -0.2) is 9.79 Å². The zero-order valence-electron chi connectivity index (χ0n) is 9.75. The van der Waals surface area contributed by atoms with E-state index in [1.165, 1.54) is 6.92 Å². The Kier molecular flexibility index (Phi) is 3.01. The molecule has 2 amide bonds. The minimum atomic E-state index is -1.02. The van der Waals surface area contributed by atoms with Gasteiger partial charge in [-0.3, -0.25) is 4.79 Å². The van der Waals surface area contributed by atoms with Crippen LogP contribution in [0.5, 0.6) is 0 Å². The molecule has 18 heavy (non-hydrogen) atoms. The van der Waals surface area contributed by atoms with Gasteiger partial charge in [0.15, 0.2) is 0 Å². The number of nitrogens with two attached hydrogens (primary N) is 1. The van der Waals surface area contributed by atoms with Crippen molar-refractivity contribution in [3.63, 3.8) is 0 Å². The smallest absolute Gasteiger partial charge is 0.341 e. The lowest BCUT2D eigenvalue weighted by atomic mass is 9.88. The molecular weight excluding hydrogens is 234 g/mol. The Morgan fingerprint density at radius 2 is 2.22 bits per heavy atom. The van der Waals surface area contributed by atoms with Gasteiger partial charge in [-0.05, 0) is 24.6 Å². The normalized spacial score (nSPS) is 23.2. The second-order valence-electron chi connectivity index (χ2n) is 4.17. The molecule has 0 aromatic heterocycles. The van der Waals surface area contributed by atoms with Gasteiger partial charge in [0.2, 0.25) is 0 Å². The van der Waals surface area contributed by atoms with Gasteiger partial charge in [0, 0.05) is 11.4 Å². The molecule has 1 aliphatic heterocycles. The van der Waals surface area contributed by atoms with Gasteiger partial charge in [-0.15, -0.1) is 0 Å². The first-order valence-corrected chi connectivity index (χ1v) is 5.43. The second-order valence-corrected chi connectivity index (χ2v) is 4.17. The largest absolute Gasteiger partial charge is 0.481 e. The molecule has 0 spiro atoms. The molecule has 94 valence electrons. The number of nitrogens with zero attached hydrogens (tertiary/aromatic N) is 1. The summed E-state index contributed by atoms with van der Waals surface area (Å²) in [6.45, 7) is 1.54. The number of hydrogen-bond acceptors (Lipinski definition) is 3. The highest BCUT2D eigenvalue weighted by atomic mass is 16.4. The third-order valence-corrected chi connectivity index (χ3v) is 2.88. The highest BCUT2D eigenvalue weighted by Gasteiger charge is 2.36. The first-order chi connectivity index (χ1) is 8.49. The second kappa shape index (κ2) is 4.48. The third-order valence-electron chi connectivity index (χ3n) is 2.88. The maximum atomic E-state index is 11.4. The lowest BCUT2D eigenvalue weighted by Crippen LogP contribution is -2.43. The van der Waals surface area contributed by atoms with Gasteiger partial charge in [0.05, 0.1) is 6.04 Å². The molecule has 1 aromatic rings. The number of nitrogens with one attached hydrogen (secondary N) is 1. The molecule has 0 saturated heterocycles. The first kappa shape index (κ1) is 12.1. The quantitative estimate of drug-likeness (QED) is 0.683. The molecule has 0 bridgehead atoms. The molecule has 2 rings (SSSR count). The highest BCUT2D eigenvalue weighted by molar-refractivity contribution is 6.07. The van der Waals surface area contributed by atoms with Gasteiger partial charge in [0.1, 0.15) is 5.92 Å². The fourth-order valence-electron chi connectivity index (χ4n) is 2.07. The molecule has 6 nitrogen and oxygen atoms in total. The van der Waals surface area contributed by atoms with Crippen LogP contribution in [0.3, 0.4) is 0 Å². The number of carbonyl (C=O) groups excluding carboxylic acids is 1. The van der Waals surface area contributed by atoms with E-state index < -0.39 is 24.0 Å². The molecule has 0 radical (unpaired) electrons. The average Bonchev–Trinajstić information content (AvgIpc) is 2.27. The van der Waals surface area contributed by atoms with Crippen molar-refractivity contribution in [2.75, 3.05) is 5.73 Å².